The van der Waals surface area contributed by atoms with Crippen LogP contribution in [0.5, 0.6) is 0 Å². The monoisotopic (exact) mass is 306 g/mol. The minimum Gasteiger partial charge on any atom is -0.465 e. The van der Waals surface area contributed by atoms with Gasteiger partial charge in [-0.25, -0.2) is 4.79 Å². The van der Waals surface area contributed by atoms with Crippen molar-refractivity contribution in [1.29, 1.82) is 0 Å². The van der Waals surface area contributed by atoms with E-state index >= 15 is 0 Å². The number of likely N-dealkylation sites (tertiary alicyclic amines) is 1. The Bertz CT molecular complexity index is 554. The van der Waals surface area contributed by atoms with Gasteiger partial charge in [-0.1, -0.05) is 12.8 Å². The number of hydrogen-bond donors (Lipinski definition) is 1. The van der Waals surface area contributed by atoms with Crippen molar-refractivity contribution in [2.45, 2.75) is 52.5 Å². The second-order valence-electron chi connectivity index (χ2n) is 6.11. The van der Waals surface area contributed by atoms with Gasteiger partial charge in [0.05, 0.1) is 24.4 Å². The molecule has 0 amide bonds. The van der Waals surface area contributed by atoms with Crippen LogP contribution in [0.1, 0.15) is 64.7 Å². The standard InChI is InChI=1S/C17H26N2O3/c1-11-14(17(21)22-4)12(2)18-15(11)16(20)13(3)19-9-7-5-6-8-10-19/h13,18H,5-10H2,1-4H3/t13-/m1/s1. The number of nitrogens with one attached hydrogen (secondary N) is 1. The number of aromatic amines is 1. The van der Waals surface area contributed by atoms with E-state index in [4.69, 9.17) is 4.74 Å². The summed E-state index contributed by atoms with van der Waals surface area (Å²) in [6.45, 7) is 7.50. The quantitative estimate of drug-likeness (QED) is 0.686. The van der Waals surface area contributed by atoms with Crippen LogP contribution in [-0.2, 0) is 4.74 Å². The maximum Gasteiger partial charge on any atom is 0.339 e. The van der Waals surface area contributed by atoms with E-state index in [0.717, 1.165) is 25.9 Å². The Morgan fingerprint density at radius 3 is 2.27 bits per heavy atom. The first-order valence-electron chi connectivity index (χ1n) is 8.03. The van der Waals surface area contributed by atoms with Crippen molar-refractivity contribution in [2.24, 2.45) is 0 Å². The highest BCUT2D eigenvalue weighted by molar-refractivity contribution is 6.03. The number of methoxy groups -OCH3 is 1. The molecular weight excluding hydrogens is 280 g/mol. The highest BCUT2D eigenvalue weighted by atomic mass is 16.5. The van der Waals surface area contributed by atoms with Crippen molar-refractivity contribution in [2.75, 3.05) is 20.2 Å². The van der Waals surface area contributed by atoms with Gasteiger partial charge in [0.1, 0.15) is 0 Å². The smallest absolute Gasteiger partial charge is 0.339 e. The van der Waals surface area contributed by atoms with Crippen LogP contribution in [-0.4, -0.2) is 47.9 Å². The van der Waals surface area contributed by atoms with Gasteiger partial charge in [-0.15, -0.1) is 0 Å². The normalized spacial score (nSPS) is 17.8. The van der Waals surface area contributed by atoms with E-state index in [2.05, 4.69) is 9.88 Å². The molecule has 22 heavy (non-hydrogen) atoms. The van der Waals surface area contributed by atoms with Gasteiger partial charge in [0, 0.05) is 5.69 Å². The molecule has 1 atom stereocenters. The minimum absolute atomic E-state index is 0.0534. The molecule has 0 bridgehead atoms. The molecule has 122 valence electrons. The van der Waals surface area contributed by atoms with Crippen molar-refractivity contribution >= 4 is 11.8 Å². The molecule has 1 aliphatic rings. The van der Waals surface area contributed by atoms with Crippen molar-refractivity contribution in [3.05, 3.63) is 22.5 Å². The molecule has 1 aliphatic heterocycles. The summed E-state index contributed by atoms with van der Waals surface area (Å²) in [4.78, 5) is 30.0. The molecule has 0 radical (unpaired) electrons. The predicted molar refractivity (Wildman–Crippen MR) is 85.4 cm³/mol. The molecule has 1 N–H and O–H groups in total. The Kier molecular flexibility index (Phi) is 5.40. The zero-order valence-corrected chi connectivity index (χ0v) is 14.0. The third-order valence-corrected chi connectivity index (χ3v) is 4.64. The molecule has 2 heterocycles. The zero-order chi connectivity index (χ0) is 16.3. The number of Topliss-reactive ketones (excluding diaryl/α,β-unsaturated/α-hetero) is 1. The van der Waals surface area contributed by atoms with E-state index in [1.807, 2.05) is 6.92 Å². The second-order valence-corrected chi connectivity index (χ2v) is 6.11. The van der Waals surface area contributed by atoms with Gasteiger partial charge < -0.3 is 9.72 Å². The van der Waals surface area contributed by atoms with E-state index < -0.39 is 5.97 Å². The van der Waals surface area contributed by atoms with Crippen LogP contribution in [0.25, 0.3) is 0 Å². The molecule has 1 fully saturated rings. The van der Waals surface area contributed by atoms with Gasteiger partial charge in [0.2, 0.25) is 0 Å². The fraction of sp³-hybridized carbons (Fsp3) is 0.647. The van der Waals surface area contributed by atoms with Crippen molar-refractivity contribution in [3.63, 3.8) is 0 Å². The predicted octanol–water partition coefficient (Wildman–Crippen LogP) is 2.87. The van der Waals surface area contributed by atoms with Crippen LogP contribution >= 0.6 is 0 Å². The van der Waals surface area contributed by atoms with Crippen LogP contribution in [0.2, 0.25) is 0 Å². The number of esters is 1. The molecule has 0 unspecified atom stereocenters. The van der Waals surface area contributed by atoms with E-state index in [9.17, 15) is 9.59 Å². The Hall–Kier alpha value is -1.62. The second kappa shape index (κ2) is 7.09. The number of ketones is 1. The molecule has 0 spiro atoms. The first-order valence-corrected chi connectivity index (χ1v) is 8.03. The van der Waals surface area contributed by atoms with Crippen LogP contribution < -0.4 is 0 Å². The number of ether oxygens (including phenoxy) is 1. The topological polar surface area (TPSA) is 62.4 Å². The molecule has 0 aliphatic carbocycles. The first kappa shape index (κ1) is 16.7. The lowest BCUT2D eigenvalue weighted by molar-refractivity contribution is 0.0599. The third-order valence-electron chi connectivity index (χ3n) is 4.64. The van der Waals surface area contributed by atoms with E-state index in [0.29, 0.717) is 22.5 Å². The zero-order valence-electron chi connectivity index (χ0n) is 14.0. The molecule has 1 saturated heterocycles. The first-order chi connectivity index (χ1) is 10.5. The minimum atomic E-state index is -0.396. The molecule has 1 aromatic heterocycles. The van der Waals surface area contributed by atoms with Gasteiger partial charge in [0.15, 0.2) is 5.78 Å². The van der Waals surface area contributed by atoms with Crippen LogP contribution in [0.4, 0.5) is 0 Å². The summed E-state index contributed by atoms with van der Waals surface area (Å²) < 4.78 is 4.80. The largest absolute Gasteiger partial charge is 0.465 e. The van der Waals surface area contributed by atoms with Crippen molar-refractivity contribution in [1.82, 2.24) is 9.88 Å². The fourth-order valence-electron chi connectivity index (χ4n) is 3.26. The molecule has 0 saturated carbocycles. The van der Waals surface area contributed by atoms with E-state index in [1.54, 1.807) is 13.8 Å². The number of carbonyl (C=O) groups is 2. The highest BCUT2D eigenvalue weighted by Gasteiger charge is 2.28. The van der Waals surface area contributed by atoms with Crippen molar-refractivity contribution in [3.8, 4) is 0 Å². The van der Waals surface area contributed by atoms with Gasteiger partial charge in [-0.3, -0.25) is 9.69 Å². The Balaban J connectivity index is 2.23. The summed E-state index contributed by atoms with van der Waals surface area (Å²) in [5.41, 5.74) is 2.40. The average molecular weight is 306 g/mol. The lowest BCUT2D eigenvalue weighted by atomic mass is 10.0. The lowest BCUT2D eigenvalue weighted by Crippen LogP contribution is -2.40. The molecule has 0 aromatic carbocycles. The Morgan fingerprint density at radius 2 is 1.73 bits per heavy atom. The van der Waals surface area contributed by atoms with Crippen molar-refractivity contribution < 1.29 is 14.3 Å². The summed E-state index contributed by atoms with van der Waals surface area (Å²) >= 11 is 0. The highest BCUT2D eigenvalue weighted by Crippen LogP contribution is 2.22. The number of aromatic nitrogens is 1. The molecule has 2 rings (SSSR count). The Morgan fingerprint density at radius 1 is 1.14 bits per heavy atom. The van der Waals surface area contributed by atoms with Crippen LogP contribution in [0, 0.1) is 13.8 Å². The fourth-order valence-corrected chi connectivity index (χ4v) is 3.26. The number of nitrogens with zero attached hydrogens (tertiary/aromatic N) is 1. The lowest BCUT2D eigenvalue weighted by Gasteiger charge is -2.26. The van der Waals surface area contributed by atoms with E-state index in [1.165, 1.54) is 20.0 Å². The summed E-state index contributed by atoms with van der Waals surface area (Å²) in [5.74, 6) is -0.342. The number of aryl methyl sites for hydroxylation is 1. The van der Waals surface area contributed by atoms with Crippen LogP contribution in [0.3, 0.4) is 0 Å². The summed E-state index contributed by atoms with van der Waals surface area (Å²) in [5, 5.41) is 0. The number of H-pyrrole nitrogens is 1. The average Bonchev–Trinajstić information content (AvgIpc) is 2.72. The summed E-state index contributed by atoms with van der Waals surface area (Å²) in [6.07, 6.45) is 4.77. The summed E-state index contributed by atoms with van der Waals surface area (Å²) in [7, 11) is 1.36. The number of carbonyl (C=O) groups excluding carboxylic acids is 2. The van der Waals surface area contributed by atoms with Gasteiger partial charge in [-0.05, 0) is 52.3 Å². The van der Waals surface area contributed by atoms with Gasteiger partial charge in [-0.2, -0.15) is 0 Å². The SMILES string of the molecule is COC(=O)c1c(C)[nH]c(C(=O)[C@@H](C)N2CCCCCC2)c1C. The molecular formula is C17H26N2O3. The third kappa shape index (κ3) is 3.24. The number of rotatable bonds is 4. The van der Waals surface area contributed by atoms with Crippen LogP contribution in [0.15, 0.2) is 0 Å². The van der Waals surface area contributed by atoms with E-state index in [-0.39, 0.29) is 11.8 Å². The van der Waals surface area contributed by atoms with Gasteiger partial charge >= 0.3 is 5.97 Å². The molecule has 1 aromatic rings. The number of hydrogen-bond acceptors (Lipinski definition) is 4. The Labute approximate surface area is 132 Å². The maximum absolute atomic E-state index is 12.8. The molecule has 5 heteroatoms. The van der Waals surface area contributed by atoms with Gasteiger partial charge in [0.25, 0.3) is 0 Å². The maximum atomic E-state index is 12.8. The molecule has 5 nitrogen and oxygen atoms in total. The summed E-state index contributed by atoms with van der Waals surface area (Å²) in [6, 6.07) is -0.166.